The monoisotopic (exact) mass is 479 g/mol. The molecule has 2 heterocycles. The molecule has 3 aromatic rings. The first kappa shape index (κ1) is 23.8. The lowest BCUT2D eigenvalue weighted by Gasteiger charge is -2.27. The number of nitrogens with zero attached hydrogens (tertiary/aromatic N) is 6. The van der Waals surface area contributed by atoms with E-state index in [2.05, 4.69) is 31.5 Å². The first-order chi connectivity index (χ1) is 16.5. The number of nitrogens with one attached hydrogen (secondary N) is 1. The van der Waals surface area contributed by atoms with E-state index in [1.54, 1.807) is 4.68 Å². The summed E-state index contributed by atoms with van der Waals surface area (Å²) in [5, 5.41) is 25.3. The molecule has 1 aliphatic carbocycles. The molecule has 34 heavy (non-hydrogen) atoms. The van der Waals surface area contributed by atoms with Crippen molar-refractivity contribution < 1.29 is 9.53 Å². The zero-order valence-electron chi connectivity index (χ0n) is 19.7. The maximum absolute atomic E-state index is 13.0. The van der Waals surface area contributed by atoms with Crippen LogP contribution < -0.4 is 10.1 Å². The molecule has 2 aromatic heterocycles. The maximum Gasteiger partial charge on any atom is 0.235 e. The number of carbonyl (C=O) groups is 1. The molecule has 1 N–H and O–H groups in total. The van der Waals surface area contributed by atoms with Gasteiger partial charge in [-0.05, 0) is 61.7 Å². The number of carbonyl (C=O) groups excluding carboxylic acids is 1. The second-order valence-electron chi connectivity index (χ2n) is 8.32. The van der Waals surface area contributed by atoms with Gasteiger partial charge >= 0.3 is 0 Å². The summed E-state index contributed by atoms with van der Waals surface area (Å²) in [6.45, 7) is 6.41. The minimum absolute atomic E-state index is 0.107. The van der Waals surface area contributed by atoms with E-state index in [-0.39, 0.29) is 11.7 Å². The predicted octanol–water partition coefficient (Wildman–Crippen LogP) is 4.59. The number of hydrogen-bond acceptors (Lipinski definition) is 7. The number of nitriles is 1. The summed E-state index contributed by atoms with van der Waals surface area (Å²) in [5.41, 5.74) is 3.22. The number of thioether (sulfide) groups is 1. The highest BCUT2D eigenvalue weighted by molar-refractivity contribution is 7.99. The van der Waals surface area contributed by atoms with Crippen molar-refractivity contribution in [2.75, 3.05) is 17.7 Å². The van der Waals surface area contributed by atoms with Crippen LogP contribution in [0.2, 0.25) is 0 Å². The Morgan fingerprint density at radius 2 is 2.03 bits per heavy atom. The van der Waals surface area contributed by atoms with Crippen molar-refractivity contribution in [2.45, 2.75) is 64.1 Å². The number of ether oxygens (including phenoxy) is 1. The van der Waals surface area contributed by atoms with E-state index < -0.39 is 0 Å². The Hall–Kier alpha value is -3.32. The normalized spacial score (nSPS) is 14.1. The summed E-state index contributed by atoms with van der Waals surface area (Å²) in [7, 11) is 0. The highest BCUT2D eigenvalue weighted by Gasteiger charge is 2.26. The number of amides is 1. The molecule has 178 valence electrons. The number of hydrogen-bond donors (Lipinski definition) is 1. The summed E-state index contributed by atoms with van der Waals surface area (Å²) < 4.78 is 9.43. The minimum Gasteiger partial charge on any atom is -0.492 e. The molecule has 9 nitrogen and oxygen atoms in total. The average molecular weight is 480 g/mol. The summed E-state index contributed by atoms with van der Waals surface area (Å²) in [6, 6.07) is 10.1. The first-order valence-corrected chi connectivity index (χ1v) is 12.6. The van der Waals surface area contributed by atoms with Crippen LogP contribution in [0.4, 0.5) is 5.82 Å². The van der Waals surface area contributed by atoms with Gasteiger partial charge in [-0.25, -0.2) is 0 Å². The Bertz CT molecular complexity index is 1200. The fourth-order valence-corrected chi connectivity index (χ4v) is 5.19. The van der Waals surface area contributed by atoms with E-state index in [1.807, 2.05) is 45.0 Å². The van der Waals surface area contributed by atoms with Crippen LogP contribution in [-0.4, -0.2) is 43.0 Å². The molecule has 10 heteroatoms. The van der Waals surface area contributed by atoms with Gasteiger partial charge in [0.05, 0.1) is 17.9 Å². The Morgan fingerprint density at radius 3 is 2.76 bits per heavy atom. The highest BCUT2D eigenvalue weighted by Crippen LogP contribution is 2.37. The molecule has 0 aliphatic heterocycles. The molecule has 1 aliphatic rings. The van der Waals surface area contributed by atoms with E-state index >= 15 is 0 Å². The lowest BCUT2D eigenvalue weighted by molar-refractivity contribution is -0.113. The zero-order chi connectivity index (χ0) is 24.1. The SMILES string of the molecule is CCOc1ccccc1-n1nnnc1SCC(=O)Nc1c(C#N)c(C)c(C)n1C1CCCCC1. The topological polar surface area (TPSA) is 111 Å². The molecule has 1 fully saturated rings. The van der Waals surface area contributed by atoms with Crippen molar-refractivity contribution in [1.82, 2.24) is 24.8 Å². The molecule has 0 radical (unpaired) electrons. The van der Waals surface area contributed by atoms with Gasteiger partial charge in [-0.1, -0.05) is 43.2 Å². The Labute approximate surface area is 203 Å². The van der Waals surface area contributed by atoms with Crippen LogP contribution in [0.1, 0.15) is 61.9 Å². The van der Waals surface area contributed by atoms with E-state index in [4.69, 9.17) is 4.74 Å². The second kappa shape index (κ2) is 10.7. The van der Waals surface area contributed by atoms with Crippen LogP contribution in [0.3, 0.4) is 0 Å². The third-order valence-electron chi connectivity index (χ3n) is 6.23. The number of benzene rings is 1. The molecule has 0 bridgehead atoms. The standard InChI is InChI=1S/C24H29N7O2S/c1-4-33-21-13-9-8-12-20(21)31-24(27-28-29-31)34-15-22(32)26-23-19(14-25)16(2)17(3)30(23)18-10-6-5-7-11-18/h8-9,12-13,18H,4-7,10-11,15H2,1-3H3,(H,26,32). The summed E-state index contributed by atoms with van der Waals surface area (Å²) >= 11 is 1.24. The molecule has 1 aromatic carbocycles. The Morgan fingerprint density at radius 1 is 1.26 bits per heavy atom. The Kier molecular flexibility index (Phi) is 7.53. The third-order valence-corrected chi connectivity index (χ3v) is 7.15. The number of anilines is 1. The molecular weight excluding hydrogens is 450 g/mol. The molecule has 1 saturated carbocycles. The van der Waals surface area contributed by atoms with Gasteiger partial charge in [0, 0.05) is 11.7 Å². The van der Waals surface area contributed by atoms with Gasteiger partial charge in [-0.15, -0.1) is 5.10 Å². The summed E-state index contributed by atoms with van der Waals surface area (Å²) in [6.07, 6.45) is 5.69. The fourth-order valence-electron chi connectivity index (χ4n) is 4.51. The molecule has 0 unspecified atom stereocenters. The number of tetrazole rings is 1. The van der Waals surface area contributed by atoms with E-state index in [9.17, 15) is 10.1 Å². The van der Waals surface area contributed by atoms with Crippen molar-refractivity contribution >= 4 is 23.5 Å². The van der Waals surface area contributed by atoms with Gasteiger partial charge in [0.1, 0.15) is 23.3 Å². The van der Waals surface area contributed by atoms with Crippen molar-refractivity contribution in [3.63, 3.8) is 0 Å². The molecule has 0 saturated heterocycles. The predicted molar refractivity (Wildman–Crippen MR) is 130 cm³/mol. The van der Waals surface area contributed by atoms with E-state index in [0.717, 1.165) is 24.1 Å². The van der Waals surface area contributed by atoms with Crippen LogP contribution in [-0.2, 0) is 4.79 Å². The van der Waals surface area contributed by atoms with Crippen LogP contribution in [0, 0.1) is 25.2 Å². The average Bonchev–Trinajstić information content (AvgIpc) is 3.41. The molecule has 1 amide bonds. The van der Waals surface area contributed by atoms with Crippen molar-refractivity contribution in [3.8, 4) is 17.5 Å². The van der Waals surface area contributed by atoms with Crippen molar-refractivity contribution in [3.05, 3.63) is 41.1 Å². The number of rotatable bonds is 8. The minimum atomic E-state index is -0.205. The summed E-state index contributed by atoms with van der Waals surface area (Å²) in [5.74, 6) is 1.18. The summed E-state index contributed by atoms with van der Waals surface area (Å²) in [4.78, 5) is 13.0. The van der Waals surface area contributed by atoms with Gasteiger partial charge in [0.15, 0.2) is 0 Å². The molecule has 4 rings (SSSR count). The van der Waals surface area contributed by atoms with Crippen LogP contribution in [0.15, 0.2) is 29.4 Å². The molecule has 0 spiro atoms. The van der Waals surface area contributed by atoms with E-state index in [0.29, 0.717) is 40.6 Å². The number of para-hydroxylation sites is 2. The quantitative estimate of drug-likeness (QED) is 0.471. The highest BCUT2D eigenvalue weighted by atomic mass is 32.2. The smallest absolute Gasteiger partial charge is 0.235 e. The van der Waals surface area contributed by atoms with Gasteiger partial charge in [-0.3, -0.25) is 4.79 Å². The molecular formula is C24H29N7O2S. The van der Waals surface area contributed by atoms with Gasteiger partial charge in [0.2, 0.25) is 11.1 Å². The Balaban J connectivity index is 1.52. The second-order valence-corrected chi connectivity index (χ2v) is 9.26. The zero-order valence-corrected chi connectivity index (χ0v) is 20.6. The van der Waals surface area contributed by atoms with E-state index in [1.165, 1.54) is 31.0 Å². The lowest BCUT2D eigenvalue weighted by Crippen LogP contribution is -2.22. The lowest BCUT2D eigenvalue weighted by atomic mass is 9.95. The van der Waals surface area contributed by atoms with Gasteiger partial charge in [0.25, 0.3) is 0 Å². The van der Waals surface area contributed by atoms with Crippen molar-refractivity contribution in [2.24, 2.45) is 0 Å². The van der Waals surface area contributed by atoms with Crippen LogP contribution in [0.5, 0.6) is 5.75 Å². The van der Waals surface area contributed by atoms with Crippen LogP contribution >= 0.6 is 11.8 Å². The maximum atomic E-state index is 13.0. The fraction of sp³-hybridized carbons (Fsp3) is 0.458. The van der Waals surface area contributed by atoms with Gasteiger partial charge < -0.3 is 14.6 Å². The first-order valence-electron chi connectivity index (χ1n) is 11.6. The molecule has 0 atom stereocenters. The van der Waals surface area contributed by atoms with Gasteiger partial charge in [-0.2, -0.15) is 9.94 Å². The third kappa shape index (κ3) is 4.80. The van der Waals surface area contributed by atoms with Crippen LogP contribution in [0.25, 0.3) is 5.69 Å². The number of aromatic nitrogens is 5. The van der Waals surface area contributed by atoms with Crippen molar-refractivity contribution in [1.29, 1.82) is 5.26 Å². The largest absolute Gasteiger partial charge is 0.492 e.